The van der Waals surface area contributed by atoms with E-state index in [1.54, 1.807) is 43.7 Å². The number of halogens is 1. The molecule has 21 heavy (non-hydrogen) atoms. The minimum absolute atomic E-state index is 0.154. The average Bonchev–Trinajstić information content (AvgIpc) is 2.48. The van der Waals surface area contributed by atoms with Crippen molar-refractivity contribution in [2.75, 3.05) is 7.05 Å². The van der Waals surface area contributed by atoms with E-state index in [2.05, 4.69) is 15.0 Å². The summed E-state index contributed by atoms with van der Waals surface area (Å²) in [5.74, 6) is 0. The van der Waals surface area contributed by atoms with Crippen molar-refractivity contribution in [1.29, 1.82) is 0 Å². The Balaban J connectivity index is 2.14. The highest BCUT2D eigenvalue weighted by Gasteiger charge is 2.15. The number of pyridine rings is 1. The van der Waals surface area contributed by atoms with Gasteiger partial charge in [0.25, 0.3) is 0 Å². The van der Waals surface area contributed by atoms with Crippen LogP contribution >= 0.6 is 11.6 Å². The summed E-state index contributed by atoms with van der Waals surface area (Å²) in [5.41, 5.74) is 1.69. The Morgan fingerprint density at radius 2 is 1.86 bits per heavy atom. The molecule has 1 aromatic carbocycles. The van der Waals surface area contributed by atoms with Gasteiger partial charge in [-0.3, -0.25) is 4.98 Å². The monoisotopic (exact) mass is 325 g/mol. The lowest BCUT2D eigenvalue weighted by Gasteiger charge is -2.09. The molecule has 0 saturated carbocycles. The van der Waals surface area contributed by atoms with Crippen molar-refractivity contribution < 1.29 is 8.42 Å². The van der Waals surface area contributed by atoms with E-state index < -0.39 is 10.0 Å². The van der Waals surface area contributed by atoms with Crippen molar-refractivity contribution in [1.82, 2.24) is 15.0 Å². The second-order valence-electron chi connectivity index (χ2n) is 4.46. The molecule has 7 heteroatoms. The number of nitrogens with one attached hydrogen (secondary N) is 2. The number of aromatic nitrogens is 1. The molecule has 0 bridgehead atoms. The number of rotatable bonds is 6. The minimum atomic E-state index is -3.59. The maximum absolute atomic E-state index is 12.2. The minimum Gasteiger partial charge on any atom is -0.316 e. The highest BCUT2D eigenvalue weighted by Crippen LogP contribution is 2.20. The van der Waals surface area contributed by atoms with Crippen molar-refractivity contribution >= 4 is 21.6 Å². The van der Waals surface area contributed by atoms with Crippen molar-refractivity contribution in [3.05, 3.63) is 58.9 Å². The molecule has 0 spiro atoms. The molecule has 2 N–H and O–H groups in total. The van der Waals surface area contributed by atoms with Crippen LogP contribution in [0.3, 0.4) is 0 Å². The molecule has 2 aromatic rings. The zero-order valence-electron chi connectivity index (χ0n) is 11.5. The van der Waals surface area contributed by atoms with Gasteiger partial charge in [0.05, 0.1) is 4.90 Å². The van der Waals surface area contributed by atoms with Crippen LogP contribution in [0.5, 0.6) is 0 Å². The highest BCUT2D eigenvalue weighted by molar-refractivity contribution is 7.89. The van der Waals surface area contributed by atoms with Crippen LogP contribution in [0.4, 0.5) is 0 Å². The van der Waals surface area contributed by atoms with Gasteiger partial charge >= 0.3 is 0 Å². The number of benzene rings is 1. The molecule has 112 valence electrons. The molecule has 5 nitrogen and oxygen atoms in total. The van der Waals surface area contributed by atoms with Gasteiger partial charge in [0.15, 0.2) is 0 Å². The summed E-state index contributed by atoms with van der Waals surface area (Å²) in [6.07, 6.45) is 3.24. The van der Waals surface area contributed by atoms with Gasteiger partial charge in [-0.1, -0.05) is 17.7 Å². The Hall–Kier alpha value is -1.47. The molecule has 1 aromatic heterocycles. The van der Waals surface area contributed by atoms with Crippen LogP contribution in [-0.4, -0.2) is 20.4 Å². The zero-order chi connectivity index (χ0) is 15.3. The molecule has 0 radical (unpaired) electrons. The van der Waals surface area contributed by atoms with Gasteiger partial charge in [0.1, 0.15) is 0 Å². The molecule has 0 aliphatic rings. The van der Waals surface area contributed by atoms with Crippen molar-refractivity contribution in [2.24, 2.45) is 0 Å². The number of hydrogen-bond acceptors (Lipinski definition) is 4. The fourth-order valence-corrected chi connectivity index (χ4v) is 3.15. The summed E-state index contributed by atoms with van der Waals surface area (Å²) in [7, 11) is -1.79. The maximum Gasteiger partial charge on any atom is 0.240 e. The largest absolute Gasteiger partial charge is 0.316 e. The second-order valence-corrected chi connectivity index (χ2v) is 6.64. The Labute approximate surface area is 129 Å². The van der Waals surface area contributed by atoms with Gasteiger partial charge < -0.3 is 5.32 Å². The summed E-state index contributed by atoms with van der Waals surface area (Å²) in [4.78, 5) is 4.04. The lowest BCUT2D eigenvalue weighted by molar-refractivity contribution is 0.581. The van der Waals surface area contributed by atoms with Crippen molar-refractivity contribution in [3.8, 4) is 0 Å². The van der Waals surface area contributed by atoms with Crippen LogP contribution < -0.4 is 10.0 Å². The van der Waals surface area contributed by atoms with Gasteiger partial charge in [-0.05, 0) is 42.4 Å². The van der Waals surface area contributed by atoms with Crippen molar-refractivity contribution in [3.63, 3.8) is 0 Å². The van der Waals surface area contributed by atoms with Crippen LogP contribution in [0.1, 0.15) is 11.1 Å². The summed E-state index contributed by atoms with van der Waals surface area (Å²) in [6, 6.07) is 8.23. The van der Waals surface area contributed by atoms with E-state index in [9.17, 15) is 8.42 Å². The van der Waals surface area contributed by atoms with E-state index in [4.69, 9.17) is 11.6 Å². The molecule has 0 saturated heterocycles. The van der Waals surface area contributed by atoms with E-state index in [0.29, 0.717) is 11.6 Å². The molecule has 0 fully saturated rings. The first-order chi connectivity index (χ1) is 10.0. The average molecular weight is 326 g/mol. The third-order valence-electron chi connectivity index (χ3n) is 2.92. The van der Waals surface area contributed by atoms with Crippen LogP contribution in [0, 0.1) is 0 Å². The van der Waals surface area contributed by atoms with Crippen LogP contribution in [0.25, 0.3) is 0 Å². The predicted molar refractivity (Wildman–Crippen MR) is 82.5 cm³/mol. The molecule has 1 heterocycles. The lowest BCUT2D eigenvalue weighted by atomic mass is 10.2. The third kappa shape index (κ3) is 4.25. The Morgan fingerprint density at radius 1 is 1.14 bits per heavy atom. The predicted octanol–water partition coefficient (Wildman–Crippen LogP) is 1.93. The fraction of sp³-hybridized carbons (Fsp3) is 0.214. The number of sulfonamides is 1. The van der Waals surface area contributed by atoms with Gasteiger partial charge in [0, 0.05) is 30.5 Å². The normalized spacial score (nSPS) is 11.5. The van der Waals surface area contributed by atoms with E-state index in [1.807, 2.05) is 0 Å². The summed E-state index contributed by atoms with van der Waals surface area (Å²) >= 11 is 6.09. The molecule has 0 aliphatic carbocycles. The standard InChI is InChI=1S/C14H16ClN3O2S/c1-16-10-12-2-3-13(8-14(12)15)21(19,20)18-9-11-4-6-17-7-5-11/h2-8,16,18H,9-10H2,1H3. The molecular formula is C14H16ClN3O2S. The first-order valence-corrected chi connectivity index (χ1v) is 8.20. The number of hydrogen-bond donors (Lipinski definition) is 2. The third-order valence-corrected chi connectivity index (χ3v) is 4.67. The zero-order valence-corrected chi connectivity index (χ0v) is 13.1. The molecular weight excluding hydrogens is 310 g/mol. The maximum atomic E-state index is 12.2. The summed E-state index contributed by atoms with van der Waals surface area (Å²) < 4.78 is 27.0. The molecule has 2 rings (SSSR count). The fourth-order valence-electron chi connectivity index (χ4n) is 1.79. The van der Waals surface area contributed by atoms with E-state index in [1.165, 1.54) is 6.07 Å². The smallest absolute Gasteiger partial charge is 0.240 e. The molecule has 0 aliphatic heterocycles. The number of nitrogens with zero attached hydrogens (tertiary/aromatic N) is 1. The Morgan fingerprint density at radius 3 is 2.48 bits per heavy atom. The Kier molecular flexibility index (Phi) is 5.30. The van der Waals surface area contributed by atoms with E-state index >= 15 is 0 Å². The van der Waals surface area contributed by atoms with Crippen LogP contribution in [-0.2, 0) is 23.1 Å². The molecule has 0 unspecified atom stereocenters. The van der Waals surface area contributed by atoms with Gasteiger partial charge in [0.2, 0.25) is 10.0 Å². The van der Waals surface area contributed by atoms with Crippen molar-refractivity contribution in [2.45, 2.75) is 18.0 Å². The van der Waals surface area contributed by atoms with Gasteiger partial charge in [-0.25, -0.2) is 13.1 Å². The Bertz CT molecular complexity index is 705. The summed E-state index contributed by atoms with van der Waals surface area (Å²) in [6.45, 7) is 0.796. The van der Waals surface area contributed by atoms with Gasteiger partial charge in [-0.2, -0.15) is 0 Å². The SMILES string of the molecule is CNCc1ccc(S(=O)(=O)NCc2ccncc2)cc1Cl. The molecule has 0 atom stereocenters. The quantitative estimate of drug-likeness (QED) is 0.851. The van der Waals surface area contributed by atoms with Crippen LogP contribution in [0.15, 0.2) is 47.6 Å². The highest BCUT2D eigenvalue weighted by atomic mass is 35.5. The van der Waals surface area contributed by atoms with Crippen LogP contribution in [0.2, 0.25) is 5.02 Å². The summed E-state index contributed by atoms with van der Waals surface area (Å²) in [5, 5.41) is 3.40. The molecule has 0 amide bonds. The van der Waals surface area contributed by atoms with E-state index in [-0.39, 0.29) is 11.4 Å². The topological polar surface area (TPSA) is 71.1 Å². The first-order valence-electron chi connectivity index (χ1n) is 6.34. The van der Waals surface area contributed by atoms with Gasteiger partial charge in [-0.15, -0.1) is 0 Å². The first kappa shape index (κ1) is 15.9. The second kappa shape index (κ2) is 7.00. The lowest BCUT2D eigenvalue weighted by Crippen LogP contribution is -2.23. The van der Waals surface area contributed by atoms with E-state index in [0.717, 1.165) is 11.1 Å².